The summed E-state index contributed by atoms with van der Waals surface area (Å²) in [5.41, 5.74) is 4.26. The average Bonchev–Trinajstić information content (AvgIpc) is 4.13. The molecule has 1 N–H and O–H groups in total. The van der Waals surface area contributed by atoms with Crippen LogP contribution < -0.4 is 47.4 Å². The molecule has 18 nitrogen and oxygen atoms in total. The minimum atomic E-state index is -1.44. The third kappa shape index (κ3) is 7.32. The number of rotatable bonds is 8. The second-order valence-corrected chi connectivity index (χ2v) is 15.2. The minimum absolute atomic E-state index is 0.0666. The number of benzene rings is 4. The fourth-order valence-electron chi connectivity index (χ4n) is 9.45. The quantitative estimate of drug-likeness (QED) is 0.187. The van der Waals surface area contributed by atoms with Crippen LogP contribution in [0.4, 0.5) is 0 Å². The van der Waals surface area contributed by atoms with E-state index in [2.05, 4.69) is 0 Å². The van der Waals surface area contributed by atoms with Crippen molar-refractivity contribution in [2.75, 3.05) is 69.5 Å². The molecule has 10 rings (SSSR count). The Hall–Kier alpha value is -6.43. The second kappa shape index (κ2) is 17.7. The Morgan fingerprint density at radius 2 is 0.937 bits per heavy atom. The Morgan fingerprint density at radius 3 is 1.41 bits per heavy atom. The van der Waals surface area contributed by atoms with E-state index in [1.54, 1.807) is 44.6 Å². The molecule has 63 heavy (non-hydrogen) atoms. The molecule has 4 aromatic rings. The molecular weight excluding hydrogens is 871 g/mol. The van der Waals surface area contributed by atoms with Crippen LogP contribution in [-0.4, -0.2) is 92.3 Å². The molecule has 0 amide bonds. The number of hydrogen-bond donors (Lipinski definition) is 1. The second-order valence-electron chi connectivity index (χ2n) is 15.0. The normalized spacial score (nSPS) is 23.7. The van der Waals surface area contributed by atoms with Crippen LogP contribution in [-0.2, 0) is 41.6 Å². The first-order chi connectivity index (χ1) is 30.5. The van der Waals surface area contributed by atoms with Gasteiger partial charge in [-0.1, -0.05) is 0 Å². The van der Waals surface area contributed by atoms with E-state index in [9.17, 15) is 19.5 Å². The number of cyclic esters (lactones) is 2. The number of aliphatic hydroxyl groups excluding tert-OH is 1. The number of carbonyl (C=O) groups excluding carboxylic acids is 3. The molecule has 2 aliphatic carbocycles. The van der Waals surface area contributed by atoms with Gasteiger partial charge in [0.05, 0.1) is 73.1 Å². The molecule has 0 aromatic heterocycles. The summed E-state index contributed by atoms with van der Waals surface area (Å²) in [6, 6.07) is 14.4. The predicted octanol–water partition coefficient (Wildman–Crippen LogP) is 4.73. The first-order valence-electron chi connectivity index (χ1n) is 19.5. The number of hydrogen-bond acceptors (Lipinski definition) is 18. The van der Waals surface area contributed by atoms with Gasteiger partial charge in [-0.25, -0.2) is 0 Å². The monoisotopic (exact) mass is 913 g/mol. The van der Waals surface area contributed by atoms with E-state index in [1.165, 1.54) is 28.4 Å². The molecular formula is C44H42MnO18. The number of Topliss-reactive ketones (excluding diaryl/α,β-unsaturated/α-hetero) is 1. The Kier molecular flexibility index (Phi) is 12.2. The summed E-state index contributed by atoms with van der Waals surface area (Å²) in [7, 11) is 9.22. The van der Waals surface area contributed by atoms with Crippen LogP contribution >= 0.6 is 0 Å². The van der Waals surface area contributed by atoms with Crippen LogP contribution in [0.5, 0.6) is 57.5 Å². The summed E-state index contributed by atoms with van der Waals surface area (Å²) in [4.78, 5) is 38.6. The van der Waals surface area contributed by atoms with Gasteiger partial charge in [0.25, 0.3) is 0 Å². The molecule has 19 heteroatoms. The number of ether oxygens (including phenoxy) is 12. The number of carbonyl (C=O) groups is 3. The Balaban J connectivity index is 0.000000163. The maximum atomic E-state index is 13.2. The van der Waals surface area contributed by atoms with Crippen LogP contribution in [0.25, 0.3) is 0 Å². The summed E-state index contributed by atoms with van der Waals surface area (Å²) in [5.74, 6) is 1.28. The zero-order chi connectivity index (χ0) is 44.7. The Labute approximate surface area is 366 Å². The Bertz CT molecular complexity index is 2460. The average molecular weight is 914 g/mol. The molecule has 333 valence electrons. The van der Waals surface area contributed by atoms with Gasteiger partial charge in [0.1, 0.15) is 6.61 Å². The van der Waals surface area contributed by atoms with E-state index < -0.39 is 50.6 Å². The van der Waals surface area contributed by atoms with Crippen molar-refractivity contribution in [1.82, 2.24) is 0 Å². The van der Waals surface area contributed by atoms with E-state index in [1.807, 2.05) is 18.2 Å². The van der Waals surface area contributed by atoms with Gasteiger partial charge in [-0.15, -0.1) is 0 Å². The van der Waals surface area contributed by atoms with Crippen molar-refractivity contribution in [3.63, 3.8) is 0 Å². The molecule has 6 aliphatic rings. The summed E-state index contributed by atoms with van der Waals surface area (Å²) in [5, 5.41) is 11.0. The van der Waals surface area contributed by atoms with Gasteiger partial charge >= 0.3 is 34.4 Å². The van der Waals surface area contributed by atoms with Gasteiger partial charge in [-0.2, -0.15) is 0 Å². The number of esters is 2. The van der Waals surface area contributed by atoms with Crippen LogP contribution in [0.2, 0.25) is 0 Å². The van der Waals surface area contributed by atoms with E-state index in [-0.39, 0.29) is 50.4 Å². The number of fused-ring (bicyclic) bond motifs is 6. The molecule has 4 heterocycles. The van der Waals surface area contributed by atoms with Crippen molar-refractivity contribution in [2.24, 2.45) is 23.7 Å². The van der Waals surface area contributed by atoms with E-state index >= 15 is 0 Å². The standard InChI is InChI=1S/C22H22O8.C22H20O8.Mn.2O/c2*1-25-16-4-10(5-17(26-2)21(16)27-3)18-11-6-14-15(30-9-29-14)7-12(11)20(23)13-8-28-22(24)19(13)18;;;/h4-7,13,18-20,23H,8-9H2,1-3H3;4-7,13,18-19H,8-9H2,1-3H3;;;/t13-,18+,19-,20-;13-,18+,19-;;;/m00.../s1. The topological polar surface area (TPSA) is 216 Å². The first-order valence-corrected chi connectivity index (χ1v) is 20.4. The van der Waals surface area contributed by atoms with Crippen LogP contribution in [0, 0.1) is 23.7 Å². The third-order valence-electron chi connectivity index (χ3n) is 12.2. The molecule has 2 fully saturated rings. The number of methoxy groups -OCH3 is 6. The van der Waals surface area contributed by atoms with Crippen molar-refractivity contribution >= 4 is 17.7 Å². The molecule has 0 radical (unpaired) electrons. The number of aliphatic hydroxyl groups is 1. The maximum absolute atomic E-state index is 13.2. The van der Waals surface area contributed by atoms with Gasteiger partial charge in [-0.05, 0) is 76.3 Å². The fraction of sp³-hybridized carbons (Fsp3) is 0.386. The van der Waals surface area contributed by atoms with E-state index in [0.717, 1.165) is 16.7 Å². The van der Waals surface area contributed by atoms with Gasteiger partial charge in [0, 0.05) is 23.3 Å². The molecule has 0 saturated carbocycles. The van der Waals surface area contributed by atoms with Crippen molar-refractivity contribution < 1.29 is 98.8 Å². The predicted molar refractivity (Wildman–Crippen MR) is 208 cm³/mol. The zero-order valence-corrected chi connectivity index (χ0v) is 35.9. The third-order valence-corrected chi connectivity index (χ3v) is 12.2. The SMILES string of the molecule is COc1cc([C@@H]2c3cc4c(cc3C(=O)[C@H]3COC(=O)[C@H]23)OCO4)cc(OC)c1OC.COc1cc([C@@H]2c3cc4c(cc3[C@H](O)[C@H]3COC(=O)[C@H]23)OCO4)cc(OC)c1OC.[O]=[Mn]=[O]. The van der Waals surface area contributed by atoms with Gasteiger partial charge in [0.2, 0.25) is 25.1 Å². The van der Waals surface area contributed by atoms with E-state index in [0.29, 0.717) is 74.2 Å². The van der Waals surface area contributed by atoms with Crippen LogP contribution in [0.3, 0.4) is 0 Å². The summed E-state index contributed by atoms with van der Waals surface area (Å²) in [6.45, 7) is 0.449. The molecule has 0 unspecified atom stereocenters. The summed E-state index contributed by atoms with van der Waals surface area (Å²) < 4.78 is 82.4. The molecule has 0 spiro atoms. The Morgan fingerprint density at radius 1 is 0.524 bits per heavy atom. The van der Waals surface area contributed by atoms with Crippen LogP contribution in [0.15, 0.2) is 48.5 Å². The van der Waals surface area contributed by atoms with E-state index in [4.69, 9.17) is 64.5 Å². The zero-order valence-electron chi connectivity index (χ0n) is 34.8. The van der Waals surface area contributed by atoms with Crippen molar-refractivity contribution in [1.29, 1.82) is 0 Å². The van der Waals surface area contributed by atoms with Crippen molar-refractivity contribution in [2.45, 2.75) is 17.9 Å². The molecule has 4 aliphatic heterocycles. The first kappa shape index (κ1) is 43.2. The fourth-order valence-corrected chi connectivity index (χ4v) is 9.45. The van der Waals surface area contributed by atoms with Crippen LogP contribution in [0.1, 0.15) is 56.1 Å². The molecule has 2 saturated heterocycles. The molecule has 4 aromatic carbocycles. The van der Waals surface area contributed by atoms with Gasteiger partial charge < -0.3 is 61.9 Å². The molecule has 7 atom stereocenters. The summed E-state index contributed by atoms with van der Waals surface area (Å²) in [6.07, 6.45) is -0.843. The van der Waals surface area contributed by atoms with Gasteiger partial charge in [0.15, 0.2) is 51.8 Å². The summed E-state index contributed by atoms with van der Waals surface area (Å²) >= 11 is -1.44. The van der Waals surface area contributed by atoms with Gasteiger partial charge in [-0.3, -0.25) is 14.4 Å². The number of ketones is 1. The van der Waals surface area contributed by atoms with Crippen molar-refractivity contribution in [3.05, 3.63) is 81.9 Å². The molecule has 0 bridgehead atoms. The van der Waals surface area contributed by atoms with Crippen molar-refractivity contribution in [3.8, 4) is 57.5 Å².